The van der Waals surface area contributed by atoms with Gasteiger partial charge in [-0.3, -0.25) is 0 Å². The zero-order valence-corrected chi connectivity index (χ0v) is 13.8. The summed E-state index contributed by atoms with van der Waals surface area (Å²) in [6.45, 7) is 8.79. The van der Waals surface area contributed by atoms with Gasteiger partial charge < -0.3 is 0 Å². The molecule has 0 heteroatoms. The van der Waals surface area contributed by atoms with Gasteiger partial charge in [0.25, 0.3) is 0 Å². The minimum atomic E-state index is 1.32. The van der Waals surface area contributed by atoms with Crippen molar-refractivity contribution in [2.24, 2.45) is 0 Å². The Balaban J connectivity index is 2.28. The zero-order valence-electron chi connectivity index (χ0n) is 13.8. The highest BCUT2D eigenvalue weighted by atomic mass is 14.2. The maximum absolute atomic E-state index is 2.24. The molecule has 0 aliphatic rings. The van der Waals surface area contributed by atoms with Gasteiger partial charge in [0.15, 0.2) is 0 Å². The molecule has 0 saturated heterocycles. The molecule has 0 radical (unpaired) electrons. The Hall–Kier alpha value is -2.34. The molecule has 0 heterocycles. The van der Waals surface area contributed by atoms with Gasteiger partial charge in [0.1, 0.15) is 0 Å². The Morgan fingerprint density at radius 2 is 0.773 bits per heavy atom. The molecule has 0 spiro atoms. The maximum Gasteiger partial charge on any atom is -0.0103 e. The quantitative estimate of drug-likeness (QED) is 0.522. The van der Waals surface area contributed by atoms with E-state index in [0.717, 1.165) is 0 Å². The van der Waals surface area contributed by atoms with E-state index >= 15 is 0 Å². The highest BCUT2D eigenvalue weighted by Crippen LogP contribution is 2.36. The van der Waals surface area contributed by atoms with E-state index in [1.165, 1.54) is 44.5 Å². The summed E-state index contributed by atoms with van der Waals surface area (Å²) >= 11 is 0. The summed E-state index contributed by atoms with van der Waals surface area (Å²) in [5.41, 5.74) is 10.7. The predicted molar refractivity (Wildman–Crippen MR) is 96.3 cm³/mol. The average Bonchev–Trinajstić information content (AvgIpc) is 2.53. The number of hydrogen-bond donors (Lipinski definition) is 0. The van der Waals surface area contributed by atoms with Crippen LogP contribution in [0.5, 0.6) is 0 Å². The van der Waals surface area contributed by atoms with Crippen LogP contribution in [0.2, 0.25) is 0 Å². The van der Waals surface area contributed by atoms with Gasteiger partial charge >= 0.3 is 0 Å². The van der Waals surface area contributed by atoms with E-state index in [9.17, 15) is 0 Å². The second-order valence-electron chi connectivity index (χ2n) is 6.04. The third kappa shape index (κ3) is 2.46. The van der Waals surface area contributed by atoms with Crippen LogP contribution < -0.4 is 0 Å². The molecule has 3 rings (SSSR count). The van der Waals surface area contributed by atoms with Crippen LogP contribution in [0.3, 0.4) is 0 Å². The van der Waals surface area contributed by atoms with Crippen molar-refractivity contribution in [2.75, 3.05) is 0 Å². The third-order valence-corrected chi connectivity index (χ3v) is 4.72. The van der Waals surface area contributed by atoms with Crippen molar-refractivity contribution in [2.45, 2.75) is 27.7 Å². The lowest BCUT2D eigenvalue weighted by Gasteiger charge is -2.16. The zero-order chi connectivity index (χ0) is 15.7. The van der Waals surface area contributed by atoms with E-state index < -0.39 is 0 Å². The smallest absolute Gasteiger partial charge is 0.0103 e. The van der Waals surface area contributed by atoms with Crippen molar-refractivity contribution >= 4 is 0 Å². The molecule has 0 atom stereocenters. The van der Waals surface area contributed by atoms with Gasteiger partial charge in [-0.15, -0.1) is 0 Å². The molecule has 0 bridgehead atoms. The first-order valence-electron chi connectivity index (χ1n) is 7.82. The van der Waals surface area contributed by atoms with E-state index in [4.69, 9.17) is 0 Å². The lowest BCUT2D eigenvalue weighted by atomic mass is 9.88. The van der Waals surface area contributed by atoms with Gasteiger partial charge in [-0.2, -0.15) is 0 Å². The van der Waals surface area contributed by atoms with Crippen molar-refractivity contribution in [3.8, 4) is 22.3 Å². The third-order valence-electron chi connectivity index (χ3n) is 4.72. The number of hydrogen-bond acceptors (Lipinski definition) is 0. The lowest BCUT2D eigenvalue weighted by molar-refractivity contribution is 1.33. The van der Waals surface area contributed by atoms with Crippen LogP contribution in [-0.2, 0) is 0 Å². The molecule has 110 valence electrons. The van der Waals surface area contributed by atoms with Crippen LogP contribution in [0.4, 0.5) is 0 Å². The first kappa shape index (κ1) is 14.6. The summed E-state index contributed by atoms with van der Waals surface area (Å²) in [6, 6.07) is 21.8. The summed E-state index contributed by atoms with van der Waals surface area (Å²) in [5, 5.41) is 0. The molecule has 0 fully saturated rings. The molecular weight excluding hydrogens is 264 g/mol. The van der Waals surface area contributed by atoms with Crippen molar-refractivity contribution in [3.63, 3.8) is 0 Å². The molecule has 0 aliphatic heterocycles. The van der Waals surface area contributed by atoms with E-state index in [1.54, 1.807) is 0 Å². The second kappa shape index (κ2) is 5.81. The van der Waals surface area contributed by atoms with Crippen LogP contribution in [0.25, 0.3) is 22.3 Å². The molecule has 0 aliphatic carbocycles. The monoisotopic (exact) mass is 286 g/mol. The second-order valence-corrected chi connectivity index (χ2v) is 6.04. The Morgan fingerprint density at radius 3 is 1.18 bits per heavy atom. The van der Waals surface area contributed by atoms with Crippen LogP contribution in [0.15, 0.2) is 60.7 Å². The molecule has 0 aromatic heterocycles. The average molecular weight is 286 g/mol. The summed E-state index contributed by atoms with van der Waals surface area (Å²) in [4.78, 5) is 0. The standard InChI is InChI=1S/C22H22/c1-15-9-7-13-19(17(15)3)21-11-5-6-12-22(21)20-14-8-10-16(2)18(20)4/h5-14H,1-4H3. The summed E-state index contributed by atoms with van der Waals surface area (Å²) < 4.78 is 0. The van der Waals surface area contributed by atoms with E-state index in [2.05, 4.69) is 88.4 Å². The molecule has 0 amide bonds. The van der Waals surface area contributed by atoms with Gasteiger partial charge in [0.2, 0.25) is 0 Å². The first-order chi connectivity index (χ1) is 10.6. The fourth-order valence-electron chi connectivity index (χ4n) is 3.04. The maximum atomic E-state index is 2.24. The predicted octanol–water partition coefficient (Wildman–Crippen LogP) is 6.25. The normalized spacial score (nSPS) is 10.7. The van der Waals surface area contributed by atoms with Gasteiger partial charge in [0, 0.05) is 0 Å². The summed E-state index contributed by atoms with van der Waals surface area (Å²) in [7, 11) is 0. The number of aryl methyl sites for hydroxylation is 2. The Bertz CT molecular complexity index is 755. The molecule has 0 saturated carbocycles. The highest BCUT2D eigenvalue weighted by molar-refractivity contribution is 5.86. The van der Waals surface area contributed by atoms with Gasteiger partial charge in [-0.05, 0) is 72.2 Å². The summed E-state index contributed by atoms with van der Waals surface area (Å²) in [5.74, 6) is 0. The molecule has 0 nitrogen and oxygen atoms in total. The molecule has 3 aromatic carbocycles. The van der Waals surface area contributed by atoms with Gasteiger partial charge in [0.05, 0.1) is 0 Å². The van der Waals surface area contributed by atoms with Crippen molar-refractivity contribution < 1.29 is 0 Å². The first-order valence-corrected chi connectivity index (χ1v) is 7.82. The Morgan fingerprint density at radius 1 is 0.409 bits per heavy atom. The van der Waals surface area contributed by atoms with Crippen LogP contribution in [0, 0.1) is 27.7 Å². The Labute approximate surface area is 133 Å². The van der Waals surface area contributed by atoms with E-state index in [1.807, 2.05) is 0 Å². The van der Waals surface area contributed by atoms with Crippen LogP contribution in [-0.4, -0.2) is 0 Å². The van der Waals surface area contributed by atoms with E-state index in [0.29, 0.717) is 0 Å². The molecule has 0 N–H and O–H groups in total. The Kier molecular flexibility index (Phi) is 3.85. The molecule has 3 aromatic rings. The molecule has 22 heavy (non-hydrogen) atoms. The highest BCUT2D eigenvalue weighted by Gasteiger charge is 2.12. The topological polar surface area (TPSA) is 0 Å². The minimum Gasteiger partial charge on any atom is -0.0616 e. The molecular formula is C22H22. The van der Waals surface area contributed by atoms with Crippen molar-refractivity contribution in [1.29, 1.82) is 0 Å². The van der Waals surface area contributed by atoms with Crippen LogP contribution >= 0.6 is 0 Å². The number of benzene rings is 3. The largest absolute Gasteiger partial charge is 0.0616 e. The van der Waals surface area contributed by atoms with E-state index in [-0.39, 0.29) is 0 Å². The summed E-state index contributed by atoms with van der Waals surface area (Å²) in [6.07, 6.45) is 0. The minimum absolute atomic E-state index is 1.32. The fourth-order valence-corrected chi connectivity index (χ4v) is 3.04. The van der Waals surface area contributed by atoms with Gasteiger partial charge in [-0.1, -0.05) is 60.7 Å². The van der Waals surface area contributed by atoms with Gasteiger partial charge in [-0.25, -0.2) is 0 Å². The van der Waals surface area contributed by atoms with Crippen LogP contribution in [0.1, 0.15) is 22.3 Å². The number of rotatable bonds is 2. The fraction of sp³-hybridized carbons (Fsp3) is 0.182. The van der Waals surface area contributed by atoms with Crippen molar-refractivity contribution in [1.82, 2.24) is 0 Å². The lowest BCUT2D eigenvalue weighted by Crippen LogP contribution is -1.92. The van der Waals surface area contributed by atoms with Crippen molar-refractivity contribution in [3.05, 3.63) is 82.9 Å². The SMILES string of the molecule is Cc1cccc(-c2ccccc2-c2cccc(C)c2C)c1C. The molecule has 0 unspecified atom stereocenters.